The lowest BCUT2D eigenvalue weighted by atomic mass is 9.87. The van der Waals surface area contributed by atoms with Crippen molar-refractivity contribution in [3.63, 3.8) is 0 Å². The predicted molar refractivity (Wildman–Crippen MR) is 150 cm³/mol. The van der Waals surface area contributed by atoms with Gasteiger partial charge in [0.2, 0.25) is 5.91 Å². The molecule has 3 aromatic rings. The Morgan fingerprint density at radius 2 is 1.54 bits per heavy atom. The molecule has 0 fully saturated rings. The average molecular weight is 542 g/mol. The summed E-state index contributed by atoms with van der Waals surface area (Å²) in [5.74, 6) is -0.0184. The van der Waals surface area contributed by atoms with Crippen LogP contribution in [0, 0.1) is 0 Å². The maximum Gasteiger partial charge on any atom is 0.261 e. The van der Waals surface area contributed by atoms with Crippen molar-refractivity contribution in [2.75, 3.05) is 13.2 Å². The Bertz CT molecular complexity index is 1170. The second-order valence-corrected chi connectivity index (χ2v) is 10.7. The number of nitrogens with one attached hydrogen (secondary N) is 1. The van der Waals surface area contributed by atoms with Crippen LogP contribution >= 0.6 is 23.2 Å². The van der Waals surface area contributed by atoms with E-state index in [0.29, 0.717) is 34.3 Å². The van der Waals surface area contributed by atoms with Crippen molar-refractivity contribution < 1.29 is 14.3 Å². The highest BCUT2D eigenvalue weighted by Crippen LogP contribution is 2.28. The van der Waals surface area contributed by atoms with Crippen LogP contribution < -0.4 is 10.1 Å². The normalized spacial score (nSPS) is 12.1. The third kappa shape index (κ3) is 7.98. The van der Waals surface area contributed by atoms with E-state index >= 15 is 0 Å². The van der Waals surface area contributed by atoms with Gasteiger partial charge in [0.15, 0.2) is 6.61 Å². The van der Waals surface area contributed by atoms with Crippen LogP contribution in [0.3, 0.4) is 0 Å². The molecule has 0 radical (unpaired) electrons. The first-order chi connectivity index (χ1) is 17.6. The first-order valence-electron chi connectivity index (χ1n) is 12.4. The predicted octanol–water partition coefficient (Wildman–Crippen LogP) is 6.45. The topological polar surface area (TPSA) is 58.6 Å². The van der Waals surface area contributed by atoms with Crippen LogP contribution in [0.15, 0.2) is 72.8 Å². The number of carbonyl (C=O) groups is 2. The number of likely N-dealkylation sites (N-methyl/N-ethyl adjacent to an activating group) is 1. The van der Waals surface area contributed by atoms with E-state index in [4.69, 9.17) is 27.9 Å². The van der Waals surface area contributed by atoms with Gasteiger partial charge in [-0.05, 0) is 47.7 Å². The number of rotatable bonds is 10. The van der Waals surface area contributed by atoms with E-state index in [2.05, 4.69) is 26.1 Å². The van der Waals surface area contributed by atoms with Crippen molar-refractivity contribution in [1.29, 1.82) is 0 Å². The molecule has 7 heteroatoms. The van der Waals surface area contributed by atoms with E-state index in [9.17, 15) is 9.59 Å². The van der Waals surface area contributed by atoms with Gasteiger partial charge in [0, 0.05) is 35.1 Å². The van der Waals surface area contributed by atoms with Crippen molar-refractivity contribution in [1.82, 2.24) is 10.2 Å². The second kappa shape index (κ2) is 13.0. The first-order valence-corrected chi connectivity index (χ1v) is 13.1. The van der Waals surface area contributed by atoms with Crippen molar-refractivity contribution in [3.05, 3.63) is 99.5 Å². The minimum absolute atomic E-state index is 0.0106. The van der Waals surface area contributed by atoms with Gasteiger partial charge in [-0.25, -0.2) is 0 Å². The second-order valence-electron chi connectivity index (χ2n) is 9.89. The molecule has 3 aromatic carbocycles. The van der Waals surface area contributed by atoms with Crippen molar-refractivity contribution in [2.45, 2.75) is 52.1 Å². The number of hydrogen-bond acceptors (Lipinski definition) is 3. The van der Waals surface area contributed by atoms with E-state index in [1.807, 2.05) is 61.5 Å². The van der Waals surface area contributed by atoms with Gasteiger partial charge in [0.25, 0.3) is 5.91 Å². The summed E-state index contributed by atoms with van der Waals surface area (Å²) in [5, 5.41) is 3.73. The number of nitrogens with zero attached hydrogens (tertiary/aromatic N) is 1. The summed E-state index contributed by atoms with van der Waals surface area (Å²) in [7, 11) is 0. The number of hydrogen-bond donors (Lipinski definition) is 1. The summed E-state index contributed by atoms with van der Waals surface area (Å²) in [6, 6.07) is 21.7. The molecule has 0 aliphatic rings. The van der Waals surface area contributed by atoms with E-state index < -0.39 is 6.04 Å². The number of amides is 2. The zero-order chi connectivity index (χ0) is 27.0. The van der Waals surface area contributed by atoms with E-state index in [0.717, 1.165) is 5.56 Å². The Morgan fingerprint density at radius 3 is 2.11 bits per heavy atom. The number of carbonyl (C=O) groups excluding carboxylic acids is 2. The smallest absolute Gasteiger partial charge is 0.261 e. The molecule has 1 N–H and O–H groups in total. The standard InChI is InChI=1S/C30H34Cl2N2O3/c1-5-33-29(36)27(18-21-10-7-6-8-11-21)34(19-24-25(31)12-9-13-26(24)32)28(35)20-37-23-16-14-22(15-17-23)30(2,3)4/h6-17,27H,5,18-20H2,1-4H3,(H,33,36). The van der Waals surface area contributed by atoms with Crippen molar-refractivity contribution in [3.8, 4) is 5.75 Å². The maximum absolute atomic E-state index is 13.6. The molecule has 1 atom stereocenters. The Labute approximate surface area is 229 Å². The average Bonchev–Trinajstić information content (AvgIpc) is 2.86. The van der Waals surface area contributed by atoms with Crippen LogP contribution in [0.2, 0.25) is 10.0 Å². The lowest BCUT2D eigenvalue weighted by Crippen LogP contribution is -2.51. The molecule has 0 aromatic heterocycles. The SMILES string of the molecule is CCNC(=O)C(Cc1ccccc1)N(Cc1c(Cl)cccc1Cl)C(=O)COc1ccc(C(C)(C)C)cc1. The van der Waals surface area contributed by atoms with Gasteiger partial charge in [-0.1, -0.05) is 92.5 Å². The van der Waals surface area contributed by atoms with E-state index in [-0.39, 0.29) is 30.4 Å². The molecule has 196 valence electrons. The molecule has 37 heavy (non-hydrogen) atoms. The molecule has 0 aliphatic heterocycles. The van der Waals surface area contributed by atoms with Gasteiger partial charge in [0.1, 0.15) is 11.8 Å². The largest absolute Gasteiger partial charge is 0.484 e. The Balaban J connectivity index is 1.90. The van der Waals surface area contributed by atoms with Crippen LogP contribution in [0.4, 0.5) is 0 Å². The molecule has 0 bridgehead atoms. The van der Waals surface area contributed by atoms with Gasteiger partial charge < -0.3 is 15.0 Å². The van der Waals surface area contributed by atoms with E-state index in [1.54, 1.807) is 18.2 Å². The van der Waals surface area contributed by atoms with Gasteiger partial charge in [-0.2, -0.15) is 0 Å². The molecular weight excluding hydrogens is 507 g/mol. The summed E-state index contributed by atoms with van der Waals surface area (Å²) in [6.07, 6.45) is 0.334. The minimum Gasteiger partial charge on any atom is -0.484 e. The maximum atomic E-state index is 13.6. The molecule has 1 unspecified atom stereocenters. The van der Waals surface area contributed by atoms with Crippen molar-refractivity contribution in [2.24, 2.45) is 0 Å². The third-order valence-corrected chi connectivity index (χ3v) is 6.80. The van der Waals surface area contributed by atoms with Crippen LogP contribution in [-0.2, 0) is 28.0 Å². The third-order valence-electron chi connectivity index (χ3n) is 6.09. The molecule has 3 rings (SSSR count). The highest BCUT2D eigenvalue weighted by Gasteiger charge is 2.31. The van der Waals surface area contributed by atoms with Crippen LogP contribution in [0.1, 0.15) is 44.4 Å². The molecule has 0 saturated carbocycles. The molecule has 5 nitrogen and oxygen atoms in total. The molecule has 2 amide bonds. The molecule has 0 saturated heterocycles. The zero-order valence-corrected chi connectivity index (χ0v) is 23.3. The number of ether oxygens (including phenoxy) is 1. The molecular formula is C30H34Cl2N2O3. The van der Waals surface area contributed by atoms with E-state index in [1.165, 1.54) is 10.5 Å². The van der Waals surface area contributed by atoms with Gasteiger partial charge >= 0.3 is 0 Å². The van der Waals surface area contributed by atoms with Crippen LogP contribution in [0.25, 0.3) is 0 Å². The van der Waals surface area contributed by atoms with Gasteiger partial charge in [0.05, 0.1) is 0 Å². The minimum atomic E-state index is -0.783. The Morgan fingerprint density at radius 1 is 0.919 bits per heavy atom. The van der Waals surface area contributed by atoms with Crippen LogP contribution in [0.5, 0.6) is 5.75 Å². The molecule has 0 aliphatic carbocycles. The summed E-state index contributed by atoms with van der Waals surface area (Å²) >= 11 is 12.9. The Hall–Kier alpha value is -3.02. The lowest BCUT2D eigenvalue weighted by Gasteiger charge is -2.32. The fourth-order valence-electron chi connectivity index (χ4n) is 3.98. The van der Waals surface area contributed by atoms with Crippen LogP contribution in [-0.4, -0.2) is 35.9 Å². The summed E-state index contributed by atoms with van der Waals surface area (Å²) in [4.78, 5) is 28.4. The Kier molecular flexibility index (Phi) is 10.0. The fraction of sp³-hybridized carbons (Fsp3) is 0.333. The summed E-state index contributed by atoms with van der Waals surface area (Å²) < 4.78 is 5.87. The summed E-state index contributed by atoms with van der Waals surface area (Å²) in [6.45, 7) is 8.53. The first kappa shape index (κ1) is 28.5. The monoisotopic (exact) mass is 540 g/mol. The number of halogens is 2. The molecule has 0 heterocycles. The van der Waals surface area contributed by atoms with Crippen molar-refractivity contribution >= 4 is 35.0 Å². The fourth-order valence-corrected chi connectivity index (χ4v) is 4.50. The van der Waals surface area contributed by atoms with Gasteiger partial charge in [-0.3, -0.25) is 9.59 Å². The van der Waals surface area contributed by atoms with Gasteiger partial charge in [-0.15, -0.1) is 0 Å². The zero-order valence-electron chi connectivity index (χ0n) is 21.8. The highest BCUT2D eigenvalue weighted by atomic mass is 35.5. The summed E-state index contributed by atoms with van der Waals surface area (Å²) in [5.41, 5.74) is 2.69. The number of benzene rings is 3. The highest BCUT2D eigenvalue weighted by molar-refractivity contribution is 6.36. The molecule has 0 spiro atoms. The lowest BCUT2D eigenvalue weighted by molar-refractivity contribution is -0.142. The quantitative estimate of drug-likeness (QED) is 0.321.